The summed E-state index contributed by atoms with van der Waals surface area (Å²) in [6.07, 6.45) is 3.08. The van der Waals surface area contributed by atoms with Crippen LogP contribution in [0.15, 0.2) is 53.4 Å². The van der Waals surface area contributed by atoms with E-state index in [1.807, 2.05) is 48.2 Å². The lowest BCUT2D eigenvalue weighted by atomic mass is 9.95. The maximum Gasteiger partial charge on any atom is 0.243 e. The van der Waals surface area contributed by atoms with E-state index in [-0.39, 0.29) is 17.9 Å². The Labute approximate surface area is 184 Å². The van der Waals surface area contributed by atoms with Gasteiger partial charge in [0.2, 0.25) is 15.9 Å². The number of piperidine rings is 1. The zero-order valence-electron chi connectivity index (χ0n) is 18.2. The summed E-state index contributed by atoms with van der Waals surface area (Å²) in [7, 11) is -1.87. The van der Waals surface area contributed by atoms with E-state index in [1.54, 1.807) is 19.2 Å². The predicted octanol–water partition coefficient (Wildman–Crippen LogP) is 3.77. The first-order valence-corrected chi connectivity index (χ1v) is 12.4. The van der Waals surface area contributed by atoms with Crippen molar-refractivity contribution in [1.82, 2.24) is 9.21 Å². The quantitative estimate of drug-likeness (QED) is 0.707. The highest BCUT2D eigenvalue weighted by molar-refractivity contribution is 7.89. The molecule has 2 aromatic carbocycles. The molecule has 31 heavy (non-hydrogen) atoms. The number of nitrogens with zero attached hydrogens (tertiary/aromatic N) is 2. The average molecular weight is 443 g/mol. The molecule has 0 unspecified atom stereocenters. The second-order valence-corrected chi connectivity index (χ2v) is 10.4. The van der Waals surface area contributed by atoms with Crippen molar-refractivity contribution >= 4 is 15.9 Å². The fourth-order valence-corrected chi connectivity index (χ4v) is 6.11. The zero-order valence-corrected chi connectivity index (χ0v) is 19.0. The van der Waals surface area contributed by atoms with E-state index in [4.69, 9.17) is 4.74 Å². The monoisotopic (exact) mass is 442 g/mol. The number of ether oxygens (including phenoxy) is 1. The van der Waals surface area contributed by atoms with Gasteiger partial charge >= 0.3 is 0 Å². The van der Waals surface area contributed by atoms with E-state index < -0.39 is 10.0 Å². The van der Waals surface area contributed by atoms with Gasteiger partial charge in [-0.15, -0.1) is 0 Å². The number of benzene rings is 2. The molecule has 0 saturated carbocycles. The van der Waals surface area contributed by atoms with Crippen LogP contribution in [0.2, 0.25) is 0 Å². The van der Waals surface area contributed by atoms with E-state index >= 15 is 0 Å². The predicted molar refractivity (Wildman–Crippen MR) is 119 cm³/mol. The molecule has 2 heterocycles. The Morgan fingerprint density at radius 3 is 2.19 bits per heavy atom. The molecule has 166 valence electrons. The normalized spacial score (nSPS) is 20.7. The first-order chi connectivity index (χ1) is 14.9. The van der Waals surface area contributed by atoms with E-state index in [0.29, 0.717) is 30.8 Å². The number of rotatable bonds is 5. The Hall–Kier alpha value is -2.38. The minimum absolute atomic E-state index is 0.0905. The Morgan fingerprint density at radius 1 is 0.935 bits per heavy atom. The van der Waals surface area contributed by atoms with Gasteiger partial charge in [0.1, 0.15) is 5.75 Å². The second-order valence-electron chi connectivity index (χ2n) is 8.45. The van der Waals surface area contributed by atoms with Crippen molar-refractivity contribution in [3.05, 3.63) is 59.7 Å². The summed E-state index contributed by atoms with van der Waals surface area (Å²) in [5.41, 5.74) is 2.16. The van der Waals surface area contributed by atoms with Gasteiger partial charge in [0.15, 0.2) is 0 Å². The number of carbonyl (C=O) groups is 1. The summed E-state index contributed by atoms with van der Waals surface area (Å²) < 4.78 is 32.6. The van der Waals surface area contributed by atoms with Crippen molar-refractivity contribution in [2.75, 3.05) is 26.7 Å². The number of amides is 1. The van der Waals surface area contributed by atoms with Crippen LogP contribution in [0.4, 0.5) is 0 Å². The molecule has 2 aromatic rings. The Morgan fingerprint density at radius 2 is 1.58 bits per heavy atom. The molecular formula is C24H30N2O4S. The Balaban J connectivity index is 1.41. The first kappa shape index (κ1) is 21.8. The minimum atomic E-state index is -3.51. The van der Waals surface area contributed by atoms with Gasteiger partial charge < -0.3 is 9.64 Å². The van der Waals surface area contributed by atoms with Crippen molar-refractivity contribution < 1.29 is 17.9 Å². The van der Waals surface area contributed by atoms with Gasteiger partial charge in [0.25, 0.3) is 0 Å². The second kappa shape index (κ2) is 9.01. The summed E-state index contributed by atoms with van der Waals surface area (Å²) in [6, 6.07) is 15.0. The third-order valence-corrected chi connectivity index (χ3v) is 8.41. The van der Waals surface area contributed by atoms with Crippen molar-refractivity contribution in [3.8, 4) is 5.75 Å². The van der Waals surface area contributed by atoms with Crippen LogP contribution in [0, 0.1) is 12.8 Å². The number of sulfonamides is 1. The molecule has 4 rings (SSSR count). The van der Waals surface area contributed by atoms with Gasteiger partial charge in [-0.1, -0.05) is 29.8 Å². The van der Waals surface area contributed by atoms with Crippen molar-refractivity contribution in [2.24, 2.45) is 5.92 Å². The van der Waals surface area contributed by atoms with Crippen LogP contribution in [-0.2, 0) is 14.8 Å². The molecule has 0 spiro atoms. The molecule has 0 aromatic heterocycles. The number of methoxy groups -OCH3 is 1. The van der Waals surface area contributed by atoms with Gasteiger partial charge in [-0.3, -0.25) is 4.79 Å². The molecule has 7 heteroatoms. The van der Waals surface area contributed by atoms with E-state index in [1.165, 1.54) is 4.31 Å². The molecule has 0 aliphatic carbocycles. The maximum absolute atomic E-state index is 13.3. The summed E-state index contributed by atoms with van der Waals surface area (Å²) in [5, 5.41) is 0. The van der Waals surface area contributed by atoms with Crippen molar-refractivity contribution in [2.45, 2.75) is 43.5 Å². The molecule has 2 fully saturated rings. The topological polar surface area (TPSA) is 66.9 Å². The van der Waals surface area contributed by atoms with Gasteiger partial charge in [0, 0.05) is 25.6 Å². The van der Waals surface area contributed by atoms with Gasteiger partial charge in [0.05, 0.1) is 18.0 Å². The number of hydrogen-bond acceptors (Lipinski definition) is 4. The third kappa shape index (κ3) is 4.48. The highest BCUT2D eigenvalue weighted by Gasteiger charge is 2.37. The molecule has 1 amide bonds. The molecule has 0 bridgehead atoms. The summed E-state index contributed by atoms with van der Waals surface area (Å²) in [4.78, 5) is 15.6. The van der Waals surface area contributed by atoms with Crippen LogP contribution < -0.4 is 4.74 Å². The Bertz CT molecular complexity index is 1010. The molecule has 0 N–H and O–H groups in total. The van der Waals surface area contributed by atoms with Crippen LogP contribution in [0.1, 0.15) is 42.9 Å². The molecule has 2 aliphatic rings. The Kier molecular flexibility index (Phi) is 6.34. The maximum atomic E-state index is 13.3. The number of likely N-dealkylation sites (tertiary alicyclic amines) is 1. The van der Waals surface area contributed by atoms with Crippen LogP contribution in [0.5, 0.6) is 5.75 Å². The van der Waals surface area contributed by atoms with Gasteiger partial charge in [-0.05, 0) is 62.4 Å². The van der Waals surface area contributed by atoms with Crippen molar-refractivity contribution in [1.29, 1.82) is 0 Å². The average Bonchev–Trinajstić information content (AvgIpc) is 3.29. The summed E-state index contributed by atoms with van der Waals surface area (Å²) >= 11 is 0. The van der Waals surface area contributed by atoms with Crippen LogP contribution >= 0.6 is 0 Å². The number of aryl methyl sites for hydroxylation is 1. The molecule has 1 atom stereocenters. The number of hydrogen-bond donors (Lipinski definition) is 0. The van der Waals surface area contributed by atoms with Gasteiger partial charge in [-0.25, -0.2) is 8.42 Å². The minimum Gasteiger partial charge on any atom is -0.497 e. The largest absolute Gasteiger partial charge is 0.497 e. The van der Waals surface area contributed by atoms with Gasteiger partial charge in [-0.2, -0.15) is 4.31 Å². The lowest BCUT2D eigenvalue weighted by molar-refractivity contribution is -0.137. The van der Waals surface area contributed by atoms with Crippen molar-refractivity contribution in [3.63, 3.8) is 0 Å². The molecule has 2 saturated heterocycles. The highest BCUT2D eigenvalue weighted by Crippen LogP contribution is 2.35. The molecule has 6 nitrogen and oxygen atoms in total. The zero-order chi connectivity index (χ0) is 22.0. The fraction of sp³-hybridized carbons (Fsp3) is 0.458. The summed E-state index contributed by atoms with van der Waals surface area (Å²) in [5.74, 6) is 0.843. The SMILES string of the molecule is COc1ccc([C@@H]2CCCN2C(=O)C2CCN(S(=O)(=O)c3ccc(C)cc3)CC2)cc1. The number of carbonyl (C=O) groups excluding carboxylic acids is 1. The van der Waals surface area contributed by atoms with Crippen LogP contribution in [0.3, 0.4) is 0 Å². The molecular weight excluding hydrogens is 412 g/mol. The van der Waals surface area contributed by atoms with E-state index in [2.05, 4.69) is 0 Å². The first-order valence-electron chi connectivity index (χ1n) is 10.9. The third-order valence-electron chi connectivity index (χ3n) is 6.50. The lowest BCUT2D eigenvalue weighted by Gasteiger charge is -2.34. The standard InChI is InChI=1S/C24H30N2O4S/c1-18-5-11-22(12-6-18)31(28,29)25-16-13-20(14-17-25)24(27)26-15-3-4-23(26)19-7-9-21(30-2)10-8-19/h5-12,20,23H,3-4,13-17H2,1-2H3/t23-/m0/s1. The molecule has 2 aliphatic heterocycles. The van der Waals surface area contributed by atoms with Crippen LogP contribution in [-0.4, -0.2) is 50.3 Å². The fourth-order valence-electron chi connectivity index (χ4n) is 4.64. The summed E-state index contributed by atoms with van der Waals surface area (Å²) in [6.45, 7) is 3.46. The van der Waals surface area contributed by atoms with E-state index in [9.17, 15) is 13.2 Å². The highest BCUT2D eigenvalue weighted by atomic mass is 32.2. The van der Waals surface area contributed by atoms with Crippen LogP contribution in [0.25, 0.3) is 0 Å². The smallest absolute Gasteiger partial charge is 0.243 e. The molecule has 0 radical (unpaired) electrons. The van der Waals surface area contributed by atoms with E-state index in [0.717, 1.165) is 36.3 Å². The lowest BCUT2D eigenvalue weighted by Crippen LogP contribution is -2.44.